The maximum absolute atomic E-state index is 13.4. The van der Waals surface area contributed by atoms with Crippen LogP contribution in [0.3, 0.4) is 0 Å². The lowest BCUT2D eigenvalue weighted by Crippen LogP contribution is -2.24. The molecule has 28 heavy (non-hydrogen) atoms. The first-order valence-electron chi connectivity index (χ1n) is 8.80. The van der Waals surface area contributed by atoms with E-state index in [4.69, 9.17) is 9.47 Å². The van der Waals surface area contributed by atoms with Crippen molar-refractivity contribution in [2.24, 2.45) is 7.05 Å². The standard InChI is InChI=1S/C21H22FN3O3/c1-25-17-13-15(22)6-7-16(17)24-20(25)10-11-23-21(26)9-5-14-4-8-18(27-2)19(12-14)28-3/h4-9,12-13H,10-11H2,1-3H3,(H,23,26). The van der Waals surface area contributed by atoms with Crippen LogP contribution in [-0.2, 0) is 18.3 Å². The van der Waals surface area contributed by atoms with E-state index in [1.165, 1.54) is 18.2 Å². The molecule has 0 aliphatic heterocycles. The van der Waals surface area contributed by atoms with Crippen molar-refractivity contribution in [1.82, 2.24) is 14.9 Å². The monoisotopic (exact) mass is 383 g/mol. The van der Waals surface area contributed by atoms with Gasteiger partial charge >= 0.3 is 0 Å². The summed E-state index contributed by atoms with van der Waals surface area (Å²) in [6.07, 6.45) is 3.71. The second-order valence-corrected chi connectivity index (χ2v) is 6.21. The van der Waals surface area contributed by atoms with Gasteiger partial charge in [-0.3, -0.25) is 4.79 Å². The summed E-state index contributed by atoms with van der Waals surface area (Å²) in [5.74, 6) is 1.51. The highest BCUT2D eigenvalue weighted by Crippen LogP contribution is 2.27. The minimum Gasteiger partial charge on any atom is -0.493 e. The van der Waals surface area contributed by atoms with Crippen LogP contribution < -0.4 is 14.8 Å². The summed E-state index contributed by atoms with van der Waals surface area (Å²) in [5.41, 5.74) is 2.29. The fourth-order valence-corrected chi connectivity index (χ4v) is 2.92. The van der Waals surface area contributed by atoms with E-state index in [-0.39, 0.29) is 11.7 Å². The first kappa shape index (κ1) is 19.4. The normalized spacial score (nSPS) is 11.1. The predicted octanol–water partition coefficient (Wildman–Crippen LogP) is 3.10. The molecule has 3 aromatic rings. The van der Waals surface area contributed by atoms with E-state index in [2.05, 4.69) is 10.3 Å². The molecule has 1 N–H and O–H groups in total. The van der Waals surface area contributed by atoms with Gasteiger partial charge in [0, 0.05) is 26.1 Å². The van der Waals surface area contributed by atoms with Crippen molar-refractivity contribution >= 4 is 23.0 Å². The highest BCUT2D eigenvalue weighted by molar-refractivity contribution is 5.91. The van der Waals surface area contributed by atoms with Gasteiger partial charge in [-0.25, -0.2) is 9.37 Å². The number of hydrogen-bond donors (Lipinski definition) is 1. The van der Waals surface area contributed by atoms with Gasteiger partial charge in [0.15, 0.2) is 11.5 Å². The average Bonchev–Trinajstić information content (AvgIpc) is 3.01. The Hall–Kier alpha value is -3.35. The number of methoxy groups -OCH3 is 2. The van der Waals surface area contributed by atoms with Crippen LogP contribution >= 0.6 is 0 Å². The number of rotatable bonds is 7. The number of aryl methyl sites for hydroxylation is 1. The second-order valence-electron chi connectivity index (χ2n) is 6.21. The number of ether oxygens (including phenoxy) is 2. The molecule has 146 valence electrons. The Labute approximate surface area is 162 Å². The lowest BCUT2D eigenvalue weighted by atomic mass is 10.2. The van der Waals surface area contributed by atoms with Gasteiger partial charge < -0.3 is 19.4 Å². The number of benzene rings is 2. The first-order chi connectivity index (χ1) is 13.5. The molecule has 0 saturated carbocycles. The zero-order chi connectivity index (χ0) is 20.1. The molecule has 1 heterocycles. The number of imidazole rings is 1. The number of amides is 1. The van der Waals surface area contributed by atoms with Crippen LogP contribution in [-0.4, -0.2) is 36.2 Å². The largest absolute Gasteiger partial charge is 0.493 e. The summed E-state index contributed by atoms with van der Waals surface area (Å²) in [4.78, 5) is 16.5. The van der Waals surface area contributed by atoms with E-state index >= 15 is 0 Å². The zero-order valence-electron chi connectivity index (χ0n) is 16.0. The number of hydrogen-bond acceptors (Lipinski definition) is 4. The molecule has 0 atom stereocenters. The fraction of sp³-hybridized carbons (Fsp3) is 0.238. The van der Waals surface area contributed by atoms with Crippen molar-refractivity contribution in [1.29, 1.82) is 0 Å². The van der Waals surface area contributed by atoms with Crippen LogP contribution in [0.1, 0.15) is 11.4 Å². The molecular weight excluding hydrogens is 361 g/mol. The number of carbonyl (C=O) groups excluding carboxylic acids is 1. The van der Waals surface area contributed by atoms with Crippen molar-refractivity contribution in [2.75, 3.05) is 20.8 Å². The molecule has 2 aromatic carbocycles. The fourth-order valence-electron chi connectivity index (χ4n) is 2.92. The second kappa shape index (κ2) is 8.56. The lowest BCUT2D eigenvalue weighted by Gasteiger charge is -2.07. The van der Waals surface area contributed by atoms with E-state index in [1.54, 1.807) is 38.5 Å². The molecule has 7 heteroatoms. The summed E-state index contributed by atoms with van der Waals surface area (Å²) >= 11 is 0. The maximum atomic E-state index is 13.4. The third-order valence-electron chi connectivity index (χ3n) is 4.42. The summed E-state index contributed by atoms with van der Waals surface area (Å²) < 4.78 is 25.7. The summed E-state index contributed by atoms with van der Waals surface area (Å²) in [7, 11) is 4.97. The van der Waals surface area contributed by atoms with E-state index < -0.39 is 0 Å². The van der Waals surface area contributed by atoms with Crippen LogP contribution in [0.15, 0.2) is 42.5 Å². The van der Waals surface area contributed by atoms with Gasteiger partial charge in [-0.2, -0.15) is 0 Å². The Morgan fingerprint density at radius 1 is 1.18 bits per heavy atom. The van der Waals surface area contributed by atoms with E-state index in [0.717, 1.165) is 22.4 Å². The predicted molar refractivity (Wildman–Crippen MR) is 106 cm³/mol. The number of nitrogens with zero attached hydrogens (tertiary/aromatic N) is 2. The van der Waals surface area contributed by atoms with Gasteiger partial charge in [0.25, 0.3) is 0 Å². The molecule has 0 spiro atoms. The van der Waals surface area contributed by atoms with Gasteiger partial charge in [0.2, 0.25) is 5.91 Å². The van der Waals surface area contributed by atoms with Crippen molar-refractivity contribution in [3.05, 3.63) is 59.7 Å². The molecule has 3 rings (SSSR count). The van der Waals surface area contributed by atoms with Crippen LogP contribution in [0.25, 0.3) is 17.1 Å². The quantitative estimate of drug-likeness (QED) is 0.637. The number of carbonyl (C=O) groups is 1. The number of halogens is 1. The summed E-state index contributed by atoms with van der Waals surface area (Å²) in [6, 6.07) is 9.91. The highest BCUT2D eigenvalue weighted by atomic mass is 19.1. The number of nitrogens with one attached hydrogen (secondary N) is 1. The van der Waals surface area contributed by atoms with Gasteiger partial charge in [-0.15, -0.1) is 0 Å². The third-order valence-corrected chi connectivity index (χ3v) is 4.42. The molecule has 0 bridgehead atoms. The SMILES string of the molecule is COc1ccc(C=CC(=O)NCCc2nc3ccc(F)cc3n2C)cc1OC. The van der Waals surface area contributed by atoms with Gasteiger partial charge in [-0.1, -0.05) is 6.07 Å². The van der Waals surface area contributed by atoms with Gasteiger partial charge in [-0.05, 0) is 42.0 Å². The molecule has 0 radical (unpaired) electrons. The third kappa shape index (κ3) is 4.31. The molecular formula is C21H22FN3O3. The van der Waals surface area contributed by atoms with Crippen molar-refractivity contribution < 1.29 is 18.7 Å². The van der Waals surface area contributed by atoms with E-state index in [9.17, 15) is 9.18 Å². The molecule has 1 aromatic heterocycles. The minimum atomic E-state index is -0.296. The summed E-state index contributed by atoms with van der Waals surface area (Å²) in [5, 5.41) is 2.83. The molecule has 0 saturated heterocycles. The zero-order valence-corrected chi connectivity index (χ0v) is 16.0. The Kier molecular flexibility index (Phi) is 5.93. The molecule has 0 aliphatic rings. The molecule has 0 unspecified atom stereocenters. The molecule has 0 aliphatic carbocycles. The van der Waals surface area contributed by atoms with E-state index in [0.29, 0.717) is 24.5 Å². The van der Waals surface area contributed by atoms with E-state index in [1.807, 2.05) is 17.7 Å². The van der Waals surface area contributed by atoms with Crippen LogP contribution in [0.4, 0.5) is 4.39 Å². The number of aromatic nitrogens is 2. The Morgan fingerprint density at radius 2 is 1.96 bits per heavy atom. The molecule has 1 amide bonds. The van der Waals surface area contributed by atoms with Crippen molar-refractivity contribution in [3.63, 3.8) is 0 Å². The first-order valence-corrected chi connectivity index (χ1v) is 8.80. The minimum absolute atomic E-state index is 0.209. The van der Waals surface area contributed by atoms with Crippen molar-refractivity contribution in [3.8, 4) is 11.5 Å². The Morgan fingerprint density at radius 3 is 2.71 bits per heavy atom. The van der Waals surface area contributed by atoms with Crippen LogP contribution in [0.5, 0.6) is 11.5 Å². The Balaban J connectivity index is 1.57. The van der Waals surface area contributed by atoms with Gasteiger partial charge in [0.1, 0.15) is 11.6 Å². The van der Waals surface area contributed by atoms with Crippen LogP contribution in [0, 0.1) is 5.82 Å². The topological polar surface area (TPSA) is 65.4 Å². The average molecular weight is 383 g/mol. The molecule has 0 fully saturated rings. The van der Waals surface area contributed by atoms with Gasteiger partial charge in [0.05, 0.1) is 25.3 Å². The lowest BCUT2D eigenvalue weighted by molar-refractivity contribution is -0.116. The summed E-state index contributed by atoms with van der Waals surface area (Å²) in [6.45, 7) is 0.425. The Bertz CT molecular complexity index is 1030. The number of fused-ring (bicyclic) bond motifs is 1. The maximum Gasteiger partial charge on any atom is 0.244 e. The molecule has 6 nitrogen and oxygen atoms in total. The van der Waals surface area contributed by atoms with Crippen molar-refractivity contribution in [2.45, 2.75) is 6.42 Å². The smallest absolute Gasteiger partial charge is 0.244 e. The highest BCUT2D eigenvalue weighted by Gasteiger charge is 2.09. The van der Waals surface area contributed by atoms with Crippen LogP contribution in [0.2, 0.25) is 0 Å².